The molecule has 18 nitrogen and oxygen atoms in total. The number of aldehydes is 1. The van der Waals surface area contributed by atoms with Gasteiger partial charge in [-0.3, -0.25) is 19.3 Å². The highest BCUT2D eigenvalue weighted by Crippen LogP contribution is 2.27. The molecule has 1 aromatic rings. The van der Waals surface area contributed by atoms with Crippen LogP contribution in [0.25, 0.3) is 0 Å². The van der Waals surface area contributed by atoms with Crippen molar-refractivity contribution >= 4 is 23.6 Å². The standard InChI is InChI=1S/C14H17NO2.C7H13NO2.2C7H11NO2.2C4H8O3/c16-14-6-12-9-17-10-13(7-14)15(12)8-11-4-2-1-3-5-11;3*9-7-1-5-3-10-4-6(2-7)8-5;5-3-1-7-2-4(3)6;1-6-4-7-3-2-5/h1-5,12-13H,6-10H2;5-9H,1-4H2;2*5-6,8H,1-4H2;3-6H,1-2H2;2H,3-4H2,1H3. The highest BCUT2D eigenvalue weighted by molar-refractivity contribution is 5.81. The van der Waals surface area contributed by atoms with E-state index in [-0.39, 0.29) is 44.8 Å². The summed E-state index contributed by atoms with van der Waals surface area (Å²) >= 11 is 0. The second-order valence-electron chi connectivity index (χ2n) is 16.9. The lowest BCUT2D eigenvalue weighted by molar-refractivity contribution is -0.136. The summed E-state index contributed by atoms with van der Waals surface area (Å²) in [5.41, 5.74) is 1.32. The van der Waals surface area contributed by atoms with Gasteiger partial charge in [0.2, 0.25) is 0 Å². The number of nitrogens with one attached hydrogen (secondary N) is 3. The van der Waals surface area contributed by atoms with E-state index in [9.17, 15) is 24.3 Å². The Labute approximate surface area is 358 Å². The fourth-order valence-corrected chi connectivity index (χ4v) is 8.66. The molecule has 9 saturated heterocycles. The number of carbonyl (C=O) groups excluding carboxylic acids is 4. The van der Waals surface area contributed by atoms with Crippen LogP contribution in [0.2, 0.25) is 0 Å². The predicted octanol–water partition coefficient (Wildman–Crippen LogP) is -0.926. The molecule has 6 N–H and O–H groups in total. The van der Waals surface area contributed by atoms with Gasteiger partial charge in [0.1, 0.15) is 49.2 Å². The molecular formula is C43H68N4O14. The molecule has 61 heavy (non-hydrogen) atoms. The summed E-state index contributed by atoms with van der Waals surface area (Å²) in [6, 6.07) is 13.1. The third-order valence-electron chi connectivity index (χ3n) is 11.4. The van der Waals surface area contributed by atoms with Gasteiger partial charge >= 0.3 is 0 Å². The molecule has 0 radical (unpaired) electrons. The Balaban J connectivity index is 0.000000143. The second kappa shape index (κ2) is 26.8. The molecule has 344 valence electrons. The molecule has 8 bridgehead atoms. The van der Waals surface area contributed by atoms with E-state index in [1.165, 1.54) is 12.7 Å². The van der Waals surface area contributed by atoms with Crippen molar-refractivity contribution < 1.29 is 67.7 Å². The van der Waals surface area contributed by atoms with Crippen LogP contribution < -0.4 is 16.0 Å². The van der Waals surface area contributed by atoms with Crippen molar-refractivity contribution in [1.82, 2.24) is 20.9 Å². The number of ether oxygens (including phenoxy) is 7. The molecule has 9 aliphatic rings. The number of benzene rings is 1. The third kappa shape index (κ3) is 17.8. The number of nitrogens with zero attached hydrogens (tertiary/aromatic N) is 1. The summed E-state index contributed by atoms with van der Waals surface area (Å²) in [5.74, 6) is 1.17. The van der Waals surface area contributed by atoms with Gasteiger partial charge in [0.15, 0.2) is 0 Å². The summed E-state index contributed by atoms with van der Waals surface area (Å²) in [4.78, 5) is 45.5. The van der Waals surface area contributed by atoms with Crippen LogP contribution in [0.15, 0.2) is 30.3 Å². The number of aliphatic hydroxyl groups excluding tert-OH is 3. The van der Waals surface area contributed by atoms with Crippen LogP contribution >= 0.6 is 0 Å². The molecule has 0 aromatic heterocycles. The largest absolute Gasteiger partial charge is 0.393 e. The summed E-state index contributed by atoms with van der Waals surface area (Å²) in [7, 11) is 1.50. The minimum atomic E-state index is -0.653. The molecule has 10 rings (SSSR count). The Bertz CT molecular complexity index is 1360. The molecule has 0 aliphatic carbocycles. The van der Waals surface area contributed by atoms with Gasteiger partial charge < -0.3 is 69.2 Å². The summed E-state index contributed by atoms with van der Waals surface area (Å²) in [6.07, 6.45) is 4.96. The normalized spacial score (nSPS) is 34.8. The zero-order valence-corrected chi connectivity index (χ0v) is 35.4. The van der Waals surface area contributed by atoms with Gasteiger partial charge in [-0.05, 0) is 18.4 Å². The topological polar surface area (TPSA) is 233 Å². The summed E-state index contributed by atoms with van der Waals surface area (Å²) in [6.45, 7) is 7.60. The molecule has 10 unspecified atom stereocenters. The van der Waals surface area contributed by atoms with Crippen molar-refractivity contribution in [3.05, 3.63) is 35.9 Å². The van der Waals surface area contributed by atoms with Gasteiger partial charge in [0.05, 0.1) is 72.2 Å². The number of morpholine rings is 4. The highest BCUT2D eigenvalue weighted by Gasteiger charge is 2.38. The Morgan fingerprint density at radius 1 is 0.607 bits per heavy atom. The van der Waals surface area contributed by atoms with Crippen molar-refractivity contribution in [2.75, 3.05) is 86.6 Å². The number of aliphatic hydroxyl groups is 3. The van der Waals surface area contributed by atoms with Crippen LogP contribution in [0.1, 0.15) is 56.9 Å². The molecule has 1 aromatic carbocycles. The average molecular weight is 865 g/mol. The Hall–Kier alpha value is -2.66. The van der Waals surface area contributed by atoms with Crippen LogP contribution in [0.5, 0.6) is 0 Å². The number of rotatable bonds is 6. The summed E-state index contributed by atoms with van der Waals surface area (Å²) < 4.78 is 35.1. The van der Waals surface area contributed by atoms with Crippen LogP contribution in [-0.4, -0.2) is 197 Å². The minimum absolute atomic E-state index is 0.0971. The van der Waals surface area contributed by atoms with E-state index in [1.807, 2.05) is 6.07 Å². The van der Waals surface area contributed by atoms with E-state index in [4.69, 9.17) is 29.2 Å². The van der Waals surface area contributed by atoms with Gasteiger partial charge in [-0.2, -0.15) is 0 Å². The Morgan fingerprint density at radius 3 is 1.44 bits per heavy atom. The average Bonchev–Trinajstić information content (AvgIpc) is 3.60. The zero-order chi connectivity index (χ0) is 43.4. The summed E-state index contributed by atoms with van der Waals surface area (Å²) in [5, 5.41) is 36.6. The van der Waals surface area contributed by atoms with Crippen LogP contribution in [-0.2, 0) is 58.9 Å². The first-order valence-corrected chi connectivity index (χ1v) is 21.6. The van der Waals surface area contributed by atoms with E-state index >= 15 is 0 Å². The number of ketones is 3. The first-order chi connectivity index (χ1) is 29.6. The maximum Gasteiger partial charge on any atom is 0.146 e. The molecule has 0 amide bonds. The van der Waals surface area contributed by atoms with Gasteiger partial charge in [-0.15, -0.1) is 0 Å². The maximum absolute atomic E-state index is 11.6. The monoisotopic (exact) mass is 864 g/mol. The smallest absolute Gasteiger partial charge is 0.146 e. The lowest BCUT2D eigenvalue weighted by atomic mass is 9.92. The molecule has 10 atom stereocenters. The lowest BCUT2D eigenvalue weighted by Crippen LogP contribution is -2.56. The van der Waals surface area contributed by atoms with Crippen molar-refractivity contribution in [1.29, 1.82) is 0 Å². The minimum Gasteiger partial charge on any atom is -0.393 e. The molecule has 9 heterocycles. The molecule has 18 heteroatoms. The molecule has 9 aliphatic heterocycles. The van der Waals surface area contributed by atoms with Crippen LogP contribution in [0.3, 0.4) is 0 Å². The van der Waals surface area contributed by atoms with E-state index in [1.54, 1.807) is 0 Å². The van der Waals surface area contributed by atoms with E-state index in [2.05, 4.69) is 59.3 Å². The fourth-order valence-electron chi connectivity index (χ4n) is 8.66. The highest BCUT2D eigenvalue weighted by atomic mass is 16.7. The van der Waals surface area contributed by atoms with E-state index in [0.717, 1.165) is 32.6 Å². The van der Waals surface area contributed by atoms with E-state index in [0.29, 0.717) is 138 Å². The maximum atomic E-state index is 11.6. The number of hydrogen-bond donors (Lipinski definition) is 6. The predicted molar refractivity (Wildman–Crippen MR) is 220 cm³/mol. The second-order valence-corrected chi connectivity index (χ2v) is 16.9. The number of carbonyl (C=O) groups is 4. The quantitative estimate of drug-likeness (QED) is 0.115. The van der Waals surface area contributed by atoms with Gasteiger partial charge in [-0.25, -0.2) is 0 Å². The van der Waals surface area contributed by atoms with Gasteiger partial charge in [0.25, 0.3) is 0 Å². The van der Waals surface area contributed by atoms with Crippen LogP contribution in [0.4, 0.5) is 0 Å². The number of piperidine rings is 4. The number of fused-ring (bicyclic) bond motifs is 8. The first kappa shape index (κ1) is 49.4. The van der Waals surface area contributed by atoms with Crippen molar-refractivity contribution in [2.24, 2.45) is 0 Å². The Morgan fingerprint density at radius 2 is 1.02 bits per heavy atom. The van der Waals surface area contributed by atoms with Crippen LogP contribution in [0, 0.1) is 0 Å². The van der Waals surface area contributed by atoms with Crippen molar-refractivity contribution in [3.63, 3.8) is 0 Å². The zero-order valence-electron chi connectivity index (χ0n) is 35.4. The SMILES string of the molecule is COCOCC=O.O=C1CC2COCC(C1)N2.O=C1CC2COCC(C1)N2.O=C1CC2COCC(C1)N2Cc1ccccc1.OC1CC2COCC(C1)N2.OC1COCC1O. The molecule has 0 spiro atoms. The number of Topliss-reactive ketones (excluding diaryl/α,β-unsaturated/α-hetero) is 3. The Kier molecular flexibility index (Phi) is 21.7. The molecule has 9 fully saturated rings. The van der Waals surface area contributed by atoms with Gasteiger partial charge in [-0.1, -0.05) is 30.3 Å². The van der Waals surface area contributed by atoms with Crippen molar-refractivity contribution in [3.8, 4) is 0 Å². The number of methoxy groups -OCH3 is 1. The van der Waals surface area contributed by atoms with E-state index < -0.39 is 12.2 Å². The third-order valence-corrected chi connectivity index (χ3v) is 11.4. The first-order valence-electron chi connectivity index (χ1n) is 21.6. The fraction of sp³-hybridized carbons (Fsp3) is 0.767. The molecule has 0 saturated carbocycles. The number of hydrogen-bond acceptors (Lipinski definition) is 18. The lowest BCUT2D eigenvalue weighted by Gasteiger charge is -2.45. The van der Waals surface area contributed by atoms with Gasteiger partial charge in [0, 0.05) is 101 Å². The molecular weight excluding hydrogens is 796 g/mol. The van der Waals surface area contributed by atoms with Crippen molar-refractivity contribution in [2.45, 2.75) is 125 Å².